The number of piperidine rings is 1. The Kier molecular flexibility index (Phi) is 9.70. The van der Waals surface area contributed by atoms with E-state index in [-0.39, 0.29) is 29.6 Å². The number of hydrogen-bond donors (Lipinski definition) is 1. The summed E-state index contributed by atoms with van der Waals surface area (Å²) < 4.78 is 5.38. The molecule has 2 aliphatic rings. The van der Waals surface area contributed by atoms with Gasteiger partial charge < -0.3 is 15.0 Å². The first-order chi connectivity index (χ1) is 19.2. The Labute approximate surface area is 239 Å². The molecule has 2 atom stereocenters. The second-order valence-corrected chi connectivity index (χ2v) is 12.5. The van der Waals surface area contributed by atoms with Crippen molar-refractivity contribution in [1.82, 2.24) is 10.2 Å². The van der Waals surface area contributed by atoms with Gasteiger partial charge in [-0.05, 0) is 47.4 Å². The van der Waals surface area contributed by atoms with Crippen molar-refractivity contribution in [2.75, 3.05) is 13.7 Å². The number of likely N-dealkylation sites (tertiary alicyclic amines) is 1. The van der Waals surface area contributed by atoms with E-state index in [4.69, 9.17) is 4.74 Å². The van der Waals surface area contributed by atoms with Crippen molar-refractivity contribution in [3.8, 4) is 0 Å². The molecule has 0 bridgehead atoms. The van der Waals surface area contributed by atoms with Crippen molar-refractivity contribution >= 4 is 28.6 Å². The summed E-state index contributed by atoms with van der Waals surface area (Å²) in [5.41, 5.74) is 0.819. The van der Waals surface area contributed by atoms with E-state index >= 15 is 0 Å². The van der Waals surface area contributed by atoms with Crippen LogP contribution < -0.4 is 5.32 Å². The van der Waals surface area contributed by atoms with Gasteiger partial charge in [0.2, 0.25) is 11.8 Å². The standard InChI is InChI=1S/C34H46N2O4/c1-5-6-7-8-9-12-20-36-29-18-19-33(2,3)24-34(29,32(39)40-4)22-27(31(36)38)21-30(37)35-23-26-16-13-15-25-14-10-11-17-28(25)26/h10-11,13-18,27H,5-9,12,19-24H2,1-4H3,(H,35,37)/t27-,34-/m1/s1. The highest BCUT2D eigenvalue weighted by atomic mass is 16.5. The third-order valence-electron chi connectivity index (χ3n) is 8.72. The molecule has 6 nitrogen and oxygen atoms in total. The zero-order valence-corrected chi connectivity index (χ0v) is 24.8. The number of ether oxygens (including phenoxy) is 1. The summed E-state index contributed by atoms with van der Waals surface area (Å²) in [4.78, 5) is 42.5. The summed E-state index contributed by atoms with van der Waals surface area (Å²) >= 11 is 0. The van der Waals surface area contributed by atoms with E-state index in [1.807, 2.05) is 29.2 Å². The molecule has 0 aromatic heterocycles. The zero-order chi connectivity index (χ0) is 28.8. The summed E-state index contributed by atoms with van der Waals surface area (Å²) in [6.45, 7) is 7.48. The number of carbonyl (C=O) groups is 3. The van der Waals surface area contributed by atoms with Crippen molar-refractivity contribution in [2.24, 2.45) is 16.7 Å². The summed E-state index contributed by atoms with van der Waals surface area (Å²) in [7, 11) is 1.43. The van der Waals surface area contributed by atoms with Gasteiger partial charge in [-0.2, -0.15) is 0 Å². The molecule has 1 aliphatic heterocycles. The van der Waals surface area contributed by atoms with E-state index in [2.05, 4.69) is 50.4 Å². The minimum absolute atomic E-state index is 0.0423. The van der Waals surface area contributed by atoms with Crippen LogP contribution in [0.1, 0.15) is 90.5 Å². The Morgan fingerprint density at radius 3 is 2.52 bits per heavy atom. The van der Waals surface area contributed by atoms with Gasteiger partial charge >= 0.3 is 5.97 Å². The molecular formula is C34H46N2O4. The van der Waals surface area contributed by atoms with Gasteiger partial charge in [-0.25, -0.2) is 0 Å². The Bertz CT molecular complexity index is 1240. The third kappa shape index (κ3) is 6.59. The van der Waals surface area contributed by atoms with E-state index in [1.165, 1.54) is 26.4 Å². The summed E-state index contributed by atoms with van der Waals surface area (Å²) in [5.74, 6) is -1.08. The molecule has 2 aromatic carbocycles. The maximum Gasteiger partial charge on any atom is 0.317 e. The normalized spacial score (nSPS) is 22.0. The predicted molar refractivity (Wildman–Crippen MR) is 159 cm³/mol. The fourth-order valence-electron chi connectivity index (χ4n) is 6.77. The van der Waals surface area contributed by atoms with Crippen LogP contribution in [0.15, 0.2) is 54.2 Å². The molecule has 0 radical (unpaired) electrons. The van der Waals surface area contributed by atoms with Gasteiger partial charge in [0.25, 0.3) is 0 Å². The molecule has 0 spiro atoms. The van der Waals surface area contributed by atoms with Crippen LogP contribution >= 0.6 is 0 Å². The third-order valence-corrected chi connectivity index (χ3v) is 8.72. The average molecular weight is 547 g/mol. The van der Waals surface area contributed by atoms with Crippen LogP contribution in [0.5, 0.6) is 0 Å². The highest BCUT2D eigenvalue weighted by Gasteiger charge is 2.57. The second-order valence-electron chi connectivity index (χ2n) is 12.5. The van der Waals surface area contributed by atoms with E-state index < -0.39 is 11.3 Å². The van der Waals surface area contributed by atoms with Crippen molar-refractivity contribution in [3.05, 3.63) is 59.8 Å². The van der Waals surface area contributed by atoms with E-state index in [1.54, 1.807) is 0 Å². The number of hydrogen-bond acceptors (Lipinski definition) is 4. The molecule has 1 fully saturated rings. The number of esters is 1. The maximum absolute atomic E-state index is 13.9. The molecule has 4 rings (SSSR count). The number of unbranched alkanes of at least 4 members (excludes halogenated alkanes) is 5. The first kappa shape index (κ1) is 29.8. The minimum Gasteiger partial charge on any atom is -0.468 e. The number of fused-ring (bicyclic) bond motifs is 2. The zero-order valence-electron chi connectivity index (χ0n) is 24.8. The van der Waals surface area contributed by atoms with Crippen LogP contribution in [0.2, 0.25) is 0 Å². The number of rotatable bonds is 12. The van der Waals surface area contributed by atoms with Gasteiger partial charge in [0.1, 0.15) is 5.41 Å². The predicted octanol–water partition coefficient (Wildman–Crippen LogP) is 6.92. The first-order valence-electron chi connectivity index (χ1n) is 15.0. The molecule has 40 heavy (non-hydrogen) atoms. The number of nitrogens with zero attached hydrogens (tertiary/aromatic N) is 1. The number of carbonyl (C=O) groups excluding carboxylic acids is 3. The number of amides is 2. The van der Waals surface area contributed by atoms with Gasteiger partial charge in [0.05, 0.1) is 7.11 Å². The van der Waals surface area contributed by atoms with Crippen LogP contribution in [-0.2, 0) is 25.7 Å². The van der Waals surface area contributed by atoms with Crippen LogP contribution in [-0.4, -0.2) is 36.3 Å². The molecule has 2 amide bonds. The summed E-state index contributed by atoms with van der Waals surface area (Å²) in [6.07, 6.45) is 10.6. The van der Waals surface area contributed by atoms with E-state index in [0.717, 1.165) is 47.7 Å². The Morgan fingerprint density at radius 2 is 1.75 bits per heavy atom. The average Bonchev–Trinajstić information content (AvgIpc) is 2.94. The Balaban J connectivity index is 1.52. The quantitative estimate of drug-likeness (QED) is 0.232. The molecule has 1 saturated heterocycles. The lowest BCUT2D eigenvalue weighted by atomic mass is 9.59. The maximum atomic E-state index is 13.9. The largest absolute Gasteiger partial charge is 0.468 e. The number of nitrogens with one attached hydrogen (secondary N) is 1. The Hall–Kier alpha value is -3.15. The lowest BCUT2D eigenvalue weighted by molar-refractivity contribution is -0.162. The highest BCUT2D eigenvalue weighted by molar-refractivity contribution is 5.92. The first-order valence-corrected chi connectivity index (χ1v) is 15.0. The molecule has 216 valence electrons. The second kappa shape index (κ2) is 13.0. The molecule has 1 heterocycles. The van der Waals surface area contributed by atoms with Gasteiger partial charge in [-0.1, -0.05) is 101 Å². The number of allylic oxidation sites excluding steroid dienone is 1. The van der Waals surface area contributed by atoms with Gasteiger partial charge in [0, 0.05) is 31.1 Å². The van der Waals surface area contributed by atoms with Crippen LogP contribution in [0, 0.1) is 16.7 Å². The van der Waals surface area contributed by atoms with Gasteiger partial charge in [0.15, 0.2) is 0 Å². The van der Waals surface area contributed by atoms with Gasteiger partial charge in [-0.3, -0.25) is 14.4 Å². The summed E-state index contributed by atoms with van der Waals surface area (Å²) in [6, 6.07) is 14.2. The van der Waals surface area contributed by atoms with Crippen LogP contribution in [0.25, 0.3) is 10.8 Å². The minimum atomic E-state index is -0.910. The fraction of sp³-hybridized carbons (Fsp3) is 0.559. The molecule has 0 saturated carbocycles. The molecule has 6 heteroatoms. The molecule has 1 N–H and O–H groups in total. The van der Waals surface area contributed by atoms with E-state index in [0.29, 0.717) is 25.9 Å². The molecule has 2 aromatic rings. The smallest absolute Gasteiger partial charge is 0.317 e. The SMILES string of the molecule is CCCCCCCCN1C(=O)[C@H](CC(=O)NCc2cccc3ccccc23)C[C@@]2(C(=O)OC)CC(C)(C)CC=C12. The van der Waals surface area contributed by atoms with E-state index in [9.17, 15) is 14.4 Å². The highest BCUT2D eigenvalue weighted by Crippen LogP contribution is 2.54. The summed E-state index contributed by atoms with van der Waals surface area (Å²) in [5, 5.41) is 5.28. The van der Waals surface area contributed by atoms with Gasteiger partial charge in [-0.15, -0.1) is 0 Å². The van der Waals surface area contributed by atoms with Crippen molar-refractivity contribution in [2.45, 2.75) is 91.5 Å². The molecular weight excluding hydrogens is 500 g/mol. The molecule has 0 unspecified atom stereocenters. The van der Waals surface area contributed by atoms with Crippen molar-refractivity contribution in [3.63, 3.8) is 0 Å². The monoisotopic (exact) mass is 546 g/mol. The Morgan fingerprint density at radius 1 is 1.02 bits per heavy atom. The van der Waals surface area contributed by atoms with Crippen molar-refractivity contribution in [1.29, 1.82) is 0 Å². The number of benzene rings is 2. The van der Waals surface area contributed by atoms with Crippen LogP contribution in [0.3, 0.4) is 0 Å². The lowest BCUT2D eigenvalue weighted by Crippen LogP contribution is -2.56. The lowest BCUT2D eigenvalue weighted by Gasteiger charge is -2.51. The van der Waals surface area contributed by atoms with Crippen molar-refractivity contribution < 1.29 is 19.1 Å². The molecule has 1 aliphatic carbocycles. The fourth-order valence-corrected chi connectivity index (χ4v) is 6.77. The topological polar surface area (TPSA) is 75.7 Å². The van der Waals surface area contributed by atoms with Crippen LogP contribution in [0.4, 0.5) is 0 Å². The number of methoxy groups -OCH3 is 1.